The SMILES string of the molecule is CN(CCc1ccc2c(c1)NC(=O)CO2)C(=O)CO. The summed E-state index contributed by atoms with van der Waals surface area (Å²) in [5.74, 6) is 0.176. The van der Waals surface area contributed by atoms with Crippen molar-refractivity contribution in [3.8, 4) is 5.75 Å². The van der Waals surface area contributed by atoms with Gasteiger partial charge in [0.25, 0.3) is 5.91 Å². The van der Waals surface area contributed by atoms with Gasteiger partial charge >= 0.3 is 0 Å². The first-order valence-corrected chi connectivity index (χ1v) is 6.00. The molecular formula is C13H16N2O4. The highest BCUT2D eigenvalue weighted by molar-refractivity contribution is 5.95. The molecule has 1 aromatic carbocycles. The molecule has 0 radical (unpaired) electrons. The first-order valence-electron chi connectivity index (χ1n) is 6.00. The molecule has 1 aliphatic rings. The first kappa shape index (κ1) is 13.4. The number of nitrogens with one attached hydrogen (secondary N) is 1. The second kappa shape index (κ2) is 5.71. The van der Waals surface area contributed by atoms with E-state index in [4.69, 9.17) is 9.84 Å². The maximum Gasteiger partial charge on any atom is 0.262 e. The van der Waals surface area contributed by atoms with Crippen LogP contribution in [0.4, 0.5) is 5.69 Å². The van der Waals surface area contributed by atoms with Gasteiger partial charge in [-0.3, -0.25) is 9.59 Å². The molecule has 0 atom stereocenters. The molecule has 2 rings (SSSR count). The molecule has 6 heteroatoms. The molecule has 1 heterocycles. The van der Waals surface area contributed by atoms with Crippen molar-refractivity contribution in [2.45, 2.75) is 6.42 Å². The maximum absolute atomic E-state index is 11.2. The highest BCUT2D eigenvalue weighted by Crippen LogP contribution is 2.28. The number of rotatable bonds is 4. The first-order chi connectivity index (χ1) is 9.10. The number of carbonyl (C=O) groups is 2. The average Bonchev–Trinajstić information content (AvgIpc) is 2.43. The summed E-state index contributed by atoms with van der Waals surface area (Å²) in [6.45, 7) is 0.0671. The third-order valence-corrected chi connectivity index (χ3v) is 2.97. The number of anilines is 1. The van der Waals surface area contributed by atoms with Crippen molar-refractivity contribution in [2.24, 2.45) is 0 Å². The minimum Gasteiger partial charge on any atom is -0.482 e. The Morgan fingerprint density at radius 1 is 1.53 bits per heavy atom. The van der Waals surface area contributed by atoms with Gasteiger partial charge in [0.1, 0.15) is 12.4 Å². The molecule has 0 aromatic heterocycles. The number of aliphatic hydroxyl groups is 1. The third-order valence-electron chi connectivity index (χ3n) is 2.97. The second-order valence-corrected chi connectivity index (χ2v) is 4.39. The molecule has 19 heavy (non-hydrogen) atoms. The molecule has 0 unspecified atom stereocenters. The van der Waals surface area contributed by atoms with Crippen molar-refractivity contribution in [1.82, 2.24) is 4.90 Å². The lowest BCUT2D eigenvalue weighted by molar-refractivity contribution is -0.132. The summed E-state index contributed by atoms with van der Waals surface area (Å²) >= 11 is 0. The van der Waals surface area contributed by atoms with Gasteiger partial charge in [-0.25, -0.2) is 0 Å². The number of carbonyl (C=O) groups excluding carboxylic acids is 2. The molecule has 0 saturated carbocycles. The summed E-state index contributed by atoms with van der Waals surface area (Å²) in [5, 5.41) is 11.5. The Balaban J connectivity index is 2.00. The van der Waals surface area contributed by atoms with Crippen molar-refractivity contribution in [3.05, 3.63) is 23.8 Å². The van der Waals surface area contributed by atoms with Gasteiger partial charge in [-0.15, -0.1) is 0 Å². The summed E-state index contributed by atoms with van der Waals surface area (Å²) in [7, 11) is 1.64. The van der Waals surface area contributed by atoms with Gasteiger partial charge in [-0.05, 0) is 24.1 Å². The molecule has 0 saturated heterocycles. The van der Waals surface area contributed by atoms with Crippen LogP contribution < -0.4 is 10.1 Å². The number of ether oxygens (including phenoxy) is 1. The van der Waals surface area contributed by atoms with E-state index in [1.54, 1.807) is 13.1 Å². The van der Waals surface area contributed by atoms with Crippen molar-refractivity contribution in [2.75, 3.05) is 32.1 Å². The third kappa shape index (κ3) is 3.23. The zero-order chi connectivity index (χ0) is 13.8. The minimum absolute atomic E-state index is 0.0418. The smallest absolute Gasteiger partial charge is 0.262 e. The number of aliphatic hydroxyl groups excluding tert-OH is 1. The van der Waals surface area contributed by atoms with Crippen LogP contribution in [0.3, 0.4) is 0 Å². The Bertz CT molecular complexity index is 501. The molecular weight excluding hydrogens is 248 g/mol. The Morgan fingerprint density at radius 2 is 2.32 bits per heavy atom. The van der Waals surface area contributed by atoms with E-state index in [-0.39, 0.29) is 18.4 Å². The fraction of sp³-hybridized carbons (Fsp3) is 0.385. The second-order valence-electron chi connectivity index (χ2n) is 4.39. The number of hydrogen-bond donors (Lipinski definition) is 2. The normalized spacial score (nSPS) is 13.3. The molecule has 102 valence electrons. The summed E-state index contributed by atoms with van der Waals surface area (Å²) in [6.07, 6.45) is 0.644. The molecule has 0 fully saturated rings. The Morgan fingerprint density at radius 3 is 3.05 bits per heavy atom. The highest BCUT2D eigenvalue weighted by atomic mass is 16.5. The number of amides is 2. The Labute approximate surface area is 111 Å². The van der Waals surface area contributed by atoms with E-state index >= 15 is 0 Å². The number of benzene rings is 1. The number of hydrogen-bond acceptors (Lipinski definition) is 4. The molecule has 0 bridgehead atoms. The van der Waals surface area contributed by atoms with Crippen LogP contribution in [0.2, 0.25) is 0 Å². The predicted octanol–water partition coefficient (Wildman–Crippen LogP) is 0.0107. The van der Waals surface area contributed by atoms with E-state index in [0.29, 0.717) is 24.4 Å². The van der Waals surface area contributed by atoms with Gasteiger partial charge in [-0.1, -0.05) is 6.07 Å². The fourth-order valence-corrected chi connectivity index (χ4v) is 1.83. The summed E-state index contributed by atoms with van der Waals surface area (Å²) in [6, 6.07) is 5.54. The molecule has 2 amide bonds. The van der Waals surface area contributed by atoms with E-state index in [1.165, 1.54) is 4.90 Å². The van der Waals surface area contributed by atoms with Crippen LogP contribution in [-0.2, 0) is 16.0 Å². The summed E-state index contributed by atoms with van der Waals surface area (Å²) in [4.78, 5) is 23.9. The van der Waals surface area contributed by atoms with Crippen molar-refractivity contribution >= 4 is 17.5 Å². The standard InChI is InChI=1S/C13H16N2O4/c1-15(13(18)7-16)5-4-9-2-3-11-10(6-9)14-12(17)8-19-11/h2-3,6,16H,4-5,7-8H2,1H3,(H,14,17). The van der Waals surface area contributed by atoms with E-state index < -0.39 is 6.61 Å². The zero-order valence-electron chi connectivity index (χ0n) is 10.7. The Hall–Kier alpha value is -2.08. The topological polar surface area (TPSA) is 78.9 Å². The van der Waals surface area contributed by atoms with Gasteiger partial charge in [0.05, 0.1) is 5.69 Å². The number of nitrogens with zero attached hydrogens (tertiary/aromatic N) is 1. The van der Waals surface area contributed by atoms with Crippen molar-refractivity contribution in [1.29, 1.82) is 0 Å². The van der Waals surface area contributed by atoms with E-state index in [9.17, 15) is 9.59 Å². The zero-order valence-corrected chi connectivity index (χ0v) is 10.7. The van der Waals surface area contributed by atoms with Gasteiger partial charge in [0.2, 0.25) is 5.91 Å². The largest absolute Gasteiger partial charge is 0.482 e. The Kier molecular flexibility index (Phi) is 4.01. The van der Waals surface area contributed by atoms with Crippen LogP contribution in [-0.4, -0.2) is 48.6 Å². The van der Waals surface area contributed by atoms with Crippen LogP contribution in [0, 0.1) is 0 Å². The molecule has 0 spiro atoms. The summed E-state index contributed by atoms with van der Waals surface area (Å²) < 4.78 is 5.26. The molecule has 2 N–H and O–H groups in total. The van der Waals surface area contributed by atoms with Crippen molar-refractivity contribution in [3.63, 3.8) is 0 Å². The van der Waals surface area contributed by atoms with E-state index in [2.05, 4.69) is 5.32 Å². The average molecular weight is 264 g/mol. The lowest BCUT2D eigenvalue weighted by Crippen LogP contribution is -2.31. The van der Waals surface area contributed by atoms with Gasteiger partial charge < -0.3 is 20.1 Å². The van der Waals surface area contributed by atoms with Crippen LogP contribution >= 0.6 is 0 Å². The lowest BCUT2D eigenvalue weighted by atomic mass is 10.1. The van der Waals surface area contributed by atoms with Gasteiger partial charge in [0, 0.05) is 13.6 Å². The fourth-order valence-electron chi connectivity index (χ4n) is 1.83. The highest BCUT2D eigenvalue weighted by Gasteiger charge is 2.16. The van der Waals surface area contributed by atoms with Crippen LogP contribution in [0.5, 0.6) is 5.75 Å². The number of fused-ring (bicyclic) bond motifs is 1. The van der Waals surface area contributed by atoms with E-state index in [0.717, 1.165) is 5.56 Å². The molecule has 0 aliphatic carbocycles. The molecule has 1 aromatic rings. The molecule has 6 nitrogen and oxygen atoms in total. The van der Waals surface area contributed by atoms with Crippen molar-refractivity contribution < 1.29 is 19.4 Å². The maximum atomic E-state index is 11.2. The van der Waals surface area contributed by atoms with Crippen LogP contribution in [0.15, 0.2) is 18.2 Å². The monoisotopic (exact) mass is 264 g/mol. The minimum atomic E-state index is -0.482. The lowest BCUT2D eigenvalue weighted by Gasteiger charge is -2.19. The summed E-state index contributed by atoms with van der Waals surface area (Å²) in [5.41, 5.74) is 1.65. The van der Waals surface area contributed by atoms with Crippen LogP contribution in [0.25, 0.3) is 0 Å². The van der Waals surface area contributed by atoms with Gasteiger partial charge in [0.15, 0.2) is 6.61 Å². The number of likely N-dealkylation sites (N-methyl/N-ethyl adjacent to an activating group) is 1. The quantitative estimate of drug-likeness (QED) is 0.803. The predicted molar refractivity (Wildman–Crippen MR) is 69.0 cm³/mol. The molecule has 1 aliphatic heterocycles. The van der Waals surface area contributed by atoms with Crippen LogP contribution in [0.1, 0.15) is 5.56 Å². The van der Waals surface area contributed by atoms with E-state index in [1.807, 2.05) is 12.1 Å². The van der Waals surface area contributed by atoms with Gasteiger partial charge in [-0.2, -0.15) is 0 Å².